The predicted octanol–water partition coefficient (Wildman–Crippen LogP) is 3.57. The molecule has 0 spiro atoms. The minimum atomic E-state index is -3.92. The van der Waals surface area contributed by atoms with Crippen LogP contribution < -0.4 is 9.46 Å². The molecule has 5 nitrogen and oxygen atoms in total. The first-order valence-corrected chi connectivity index (χ1v) is 8.23. The lowest BCUT2D eigenvalue weighted by Crippen LogP contribution is -2.12. The summed E-state index contributed by atoms with van der Waals surface area (Å²) in [6.07, 6.45) is 0. The molecule has 1 aromatic heterocycles. The molecule has 0 aliphatic heterocycles. The number of hydrogen-bond donors (Lipinski definition) is 2. The van der Waals surface area contributed by atoms with E-state index in [0.717, 1.165) is 11.3 Å². The van der Waals surface area contributed by atoms with Crippen LogP contribution in [-0.4, -0.2) is 20.6 Å². The van der Waals surface area contributed by atoms with Gasteiger partial charge in [0.05, 0.1) is 17.1 Å². The van der Waals surface area contributed by atoms with Crippen LogP contribution in [0.1, 0.15) is 0 Å². The van der Waals surface area contributed by atoms with Gasteiger partial charge in [0.1, 0.15) is 20.7 Å². The lowest BCUT2D eigenvalue weighted by atomic mass is 10.3. The summed E-state index contributed by atoms with van der Waals surface area (Å²) in [5.74, 6) is 0.146. The molecule has 0 unspecified atom stereocenters. The van der Waals surface area contributed by atoms with E-state index in [2.05, 4.69) is 4.72 Å². The van der Waals surface area contributed by atoms with Gasteiger partial charge in [0, 0.05) is 6.07 Å². The van der Waals surface area contributed by atoms with Crippen LogP contribution in [0.3, 0.4) is 0 Å². The smallest absolute Gasteiger partial charge is 0.264 e. The Bertz CT molecular complexity index is 743. The molecule has 2 aromatic rings. The van der Waals surface area contributed by atoms with Gasteiger partial charge in [-0.2, -0.15) is 0 Å². The number of aromatic hydroxyl groups is 1. The monoisotopic (exact) mass is 353 g/mol. The van der Waals surface area contributed by atoms with Crippen molar-refractivity contribution in [2.24, 2.45) is 0 Å². The number of rotatable bonds is 4. The second-order valence-corrected chi connectivity index (χ2v) is 7.61. The number of phenols is 1. The number of thiophene rings is 1. The number of phenolic OH excluding ortho intramolecular Hbond substituents is 1. The Morgan fingerprint density at radius 2 is 2.00 bits per heavy atom. The van der Waals surface area contributed by atoms with Gasteiger partial charge in [0.15, 0.2) is 0 Å². The van der Waals surface area contributed by atoms with Gasteiger partial charge >= 0.3 is 0 Å². The lowest BCUT2D eigenvalue weighted by Gasteiger charge is -2.10. The van der Waals surface area contributed by atoms with Crippen molar-refractivity contribution in [1.29, 1.82) is 0 Å². The number of benzene rings is 1. The normalized spacial score (nSPS) is 11.3. The van der Waals surface area contributed by atoms with Gasteiger partial charge in [0.25, 0.3) is 10.0 Å². The maximum Gasteiger partial charge on any atom is 0.264 e. The summed E-state index contributed by atoms with van der Waals surface area (Å²) in [5.41, 5.74) is 0.0178. The number of halogens is 2. The summed E-state index contributed by atoms with van der Waals surface area (Å²) in [4.78, 5) is -0.135. The highest BCUT2D eigenvalue weighted by molar-refractivity contribution is 7.93. The fraction of sp³-hybridized carbons (Fsp3) is 0.0909. The predicted molar refractivity (Wildman–Crippen MR) is 79.8 cm³/mol. The zero-order valence-electron chi connectivity index (χ0n) is 10.1. The van der Waals surface area contributed by atoms with Crippen LogP contribution in [0.15, 0.2) is 29.2 Å². The molecule has 0 aliphatic rings. The third kappa shape index (κ3) is 3.12. The Morgan fingerprint density at radius 3 is 2.50 bits per heavy atom. The van der Waals surface area contributed by atoms with Crippen LogP contribution in [0.4, 0.5) is 5.69 Å². The van der Waals surface area contributed by atoms with Crippen LogP contribution in [-0.2, 0) is 10.0 Å². The zero-order valence-corrected chi connectivity index (χ0v) is 13.2. The van der Waals surface area contributed by atoms with E-state index in [1.165, 1.54) is 31.4 Å². The van der Waals surface area contributed by atoms with E-state index in [4.69, 9.17) is 27.9 Å². The summed E-state index contributed by atoms with van der Waals surface area (Å²) in [6.45, 7) is 0. The molecule has 0 radical (unpaired) electrons. The van der Waals surface area contributed by atoms with Gasteiger partial charge in [-0.3, -0.25) is 4.72 Å². The Labute approximate surface area is 129 Å². The molecule has 20 heavy (non-hydrogen) atoms. The largest absolute Gasteiger partial charge is 0.506 e. The van der Waals surface area contributed by atoms with Gasteiger partial charge in [-0.15, -0.1) is 11.3 Å². The summed E-state index contributed by atoms with van der Waals surface area (Å²) in [6, 6.07) is 5.44. The van der Waals surface area contributed by atoms with E-state index in [0.29, 0.717) is 5.75 Å². The Balaban J connectivity index is 2.36. The maximum absolute atomic E-state index is 12.2. The molecule has 0 bridgehead atoms. The Morgan fingerprint density at radius 1 is 1.30 bits per heavy atom. The topological polar surface area (TPSA) is 75.6 Å². The van der Waals surface area contributed by atoms with Crippen molar-refractivity contribution in [3.63, 3.8) is 0 Å². The summed E-state index contributed by atoms with van der Waals surface area (Å²) < 4.78 is 31.8. The molecule has 2 N–H and O–H groups in total. The fourth-order valence-corrected chi connectivity index (χ4v) is 4.66. The highest BCUT2D eigenvalue weighted by atomic mass is 35.5. The molecule has 1 heterocycles. The molecule has 0 aliphatic carbocycles. The van der Waals surface area contributed by atoms with E-state index < -0.39 is 10.0 Å². The third-order valence-electron chi connectivity index (χ3n) is 2.36. The van der Waals surface area contributed by atoms with Crippen molar-refractivity contribution in [2.45, 2.75) is 4.90 Å². The quantitative estimate of drug-likeness (QED) is 0.823. The van der Waals surface area contributed by atoms with Crippen LogP contribution in [0.2, 0.25) is 8.67 Å². The number of hydrogen-bond acceptors (Lipinski definition) is 5. The average molecular weight is 354 g/mol. The first-order valence-electron chi connectivity index (χ1n) is 5.18. The van der Waals surface area contributed by atoms with Crippen molar-refractivity contribution in [3.05, 3.63) is 32.9 Å². The standard InChI is InChI=1S/C11H9Cl2NO4S2/c1-18-6-2-3-7(8(15)4-6)14-20(16,17)9-5-10(12)19-11(9)13/h2-5,14-15H,1H3. The lowest BCUT2D eigenvalue weighted by molar-refractivity contribution is 0.408. The second kappa shape index (κ2) is 5.69. The van der Waals surface area contributed by atoms with Gasteiger partial charge in [-0.1, -0.05) is 23.2 Å². The van der Waals surface area contributed by atoms with Gasteiger partial charge < -0.3 is 9.84 Å². The minimum absolute atomic E-state index is 0.0178. The summed E-state index contributed by atoms with van der Waals surface area (Å²) in [7, 11) is -2.49. The molecule has 0 atom stereocenters. The highest BCUT2D eigenvalue weighted by Crippen LogP contribution is 2.36. The number of ether oxygens (including phenoxy) is 1. The average Bonchev–Trinajstić information content (AvgIpc) is 2.71. The minimum Gasteiger partial charge on any atom is -0.506 e. The Kier molecular flexibility index (Phi) is 4.33. The molecular formula is C11H9Cl2NO4S2. The van der Waals surface area contributed by atoms with E-state index in [-0.39, 0.29) is 25.0 Å². The molecule has 1 aromatic carbocycles. The van der Waals surface area contributed by atoms with Crippen molar-refractivity contribution >= 4 is 50.2 Å². The van der Waals surface area contributed by atoms with Crippen molar-refractivity contribution in [2.75, 3.05) is 11.8 Å². The molecule has 0 saturated heterocycles. The van der Waals surface area contributed by atoms with Crippen molar-refractivity contribution in [3.8, 4) is 11.5 Å². The molecule has 108 valence electrons. The number of nitrogens with one attached hydrogen (secondary N) is 1. The SMILES string of the molecule is COc1ccc(NS(=O)(=O)c2cc(Cl)sc2Cl)c(O)c1. The van der Waals surface area contributed by atoms with Crippen LogP contribution >= 0.6 is 34.5 Å². The maximum atomic E-state index is 12.2. The number of methoxy groups -OCH3 is 1. The van der Waals surface area contributed by atoms with Gasteiger partial charge in [-0.25, -0.2) is 8.42 Å². The number of sulfonamides is 1. The highest BCUT2D eigenvalue weighted by Gasteiger charge is 2.22. The Hall–Kier alpha value is -1.15. The van der Waals surface area contributed by atoms with Gasteiger partial charge in [-0.05, 0) is 18.2 Å². The summed E-state index contributed by atoms with van der Waals surface area (Å²) in [5, 5.41) is 9.74. The molecule has 0 fully saturated rings. The van der Waals surface area contributed by atoms with Crippen LogP contribution in [0.25, 0.3) is 0 Å². The molecule has 0 amide bonds. The van der Waals surface area contributed by atoms with Crippen molar-refractivity contribution in [1.82, 2.24) is 0 Å². The van der Waals surface area contributed by atoms with E-state index >= 15 is 0 Å². The van der Waals surface area contributed by atoms with Crippen LogP contribution in [0.5, 0.6) is 11.5 Å². The van der Waals surface area contributed by atoms with E-state index in [1.54, 1.807) is 0 Å². The van der Waals surface area contributed by atoms with E-state index in [1.807, 2.05) is 0 Å². The van der Waals surface area contributed by atoms with Crippen molar-refractivity contribution < 1.29 is 18.3 Å². The van der Waals surface area contributed by atoms with E-state index in [9.17, 15) is 13.5 Å². The second-order valence-electron chi connectivity index (χ2n) is 3.68. The molecule has 0 saturated carbocycles. The molecule has 9 heteroatoms. The van der Waals surface area contributed by atoms with Gasteiger partial charge in [0.2, 0.25) is 0 Å². The number of anilines is 1. The zero-order chi connectivity index (χ0) is 14.9. The molecule has 2 rings (SSSR count). The third-order valence-corrected chi connectivity index (χ3v) is 5.48. The fourth-order valence-electron chi connectivity index (χ4n) is 1.43. The summed E-state index contributed by atoms with van der Waals surface area (Å²) >= 11 is 12.5. The first-order chi connectivity index (χ1) is 9.33. The first kappa shape index (κ1) is 15.2. The van der Waals surface area contributed by atoms with Crippen LogP contribution in [0, 0.1) is 0 Å². The molecular weight excluding hydrogens is 345 g/mol.